The summed E-state index contributed by atoms with van der Waals surface area (Å²) in [6.45, 7) is 2.05. The first-order chi connectivity index (χ1) is 12.3. The Morgan fingerprint density at radius 1 is 1.38 bits per heavy atom. The Hall–Kier alpha value is -2.33. The van der Waals surface area contributed by atoms with Crippen molar-refractivity contribution in [2.45, 2.75) is 19.3 Å². The summed E-state index contributed by atoms with van der Waals surface area (Å²) in [4.78, 5) is 19.9. The number of ether oxygens (including phenoxy) is 1. The van der Waals surface area contributed by atoms with E-state index in [1.165, 1.54) is 0 Å². The monoisotopic (exact) mass is 389 g/mol. The number of halogens is 4. The normalized spacial score (nSPS) is 14.0. The van der Waals surface area contributed by atoms with Gasteiger partial charge < -0.3 is 19.9 Å². The molecule has 0 saturated heterocycles. The van der Waals surface area contributed by atoms with Gasteiger partial charge in [-0.1, -0.05) is 11.6 Å². The van der Waals surface area contributed by atoms with E-state index < -0.39 is 11.7 Å². The fourth-order valence-electron chi connectivity index (χ4n) is 2.37. The molecule has 1 aliphatic heterocycles. The molecule has 0 saturated carbocycles. The van der Waals surface area contributed by atoms with Crippen molar-refractivity contribution in [1.82, 2.24) is 19.9 Å². The summed E-state index contributed by atoms with van der Waals surface area (Å²) in [5, 5.41) is 5.30. The molecule has 0 fully saturated rings. The largest absolute Gasteiger partial charge is 0.417 e. The van der Waals surface area contributed by atoms with E-state index in [2.05, 4.69) is 20.6 Å². The first kappa shape index (κ1) is 18.5. The number of alkyl halides is 3. The number of fused-ring (bicyclic) bond motifs is 1. The van der Waals surface area contributed by atoms with E-state index in [1.54, 1.807) is 6.20 Å². The van der Waals surface area contributed by atoms with Crippen molar-refractivity contribution in [2.75, 3.05) is 25.0 Å². The number of rotatable bonds is 5. The van der Waals surface area contributed by atoms with Crippen LogP contribution in [0.1, 0.15) is 21.9 Å². The number of nitrogens with zero attached hydrogens (tertiary/aromatic N) is 3. The first-order valence-electron chi connectivity index (χ1n) is 7.73. The van der Waals surface area contributed by atoms with Crippen LogP contribution in [0.2, 0.25) is 5.02 Å². The van der Waals surface area contributed by atoms with Crippen LogP contribution in [0.4, 0.5) is 19.0 Å². The van der Waals surface area contributed by atoms with E-state index in [9.17, 15) is 18.0 Å². The number of hydrogen-bond donors (Lipinski definition) is 2. The topological polar surface area (TPSA) is 81.1 Å². The molecule has 0 aliphatic carbocycles. The summed E-state index contributed by atoms with van der Waals surface area (Å²) in [5.74, 6) is 0.462. The predicted octanol–water partition coefficient (Wildman–Crippen LogP) is 2.32. The number of anilines is 1. The highest BCUT2D eigenvalue weighted by Crippen LogP contribution is 2.32. The molecule has 2 N–H and O–H groups in total. The van der Waals surface area contributed by atoms with Gasteiger partial charge in [-0.3, -0.25) is 4.79 Å². The van der Waals surface area contributed by atoms with Crippen molar-refractivity contribution in [1.29, 1.82) is 0 Å². The molecule has 0 radical (unpaired) electrons. The first-order valence-corrected chi connectivity index (χ1v) is 8.11. The highest BCUT2D eigenvalue weighted by Gasteiger charge is 2.31. The highest BCUT2D eigenvalue weighted by molar-refractivity contribution is 6.32. The van der Waals surface area contributed by atoms with E-state index in [0.29, 0.717) is 31.8 Å². The van der Waals surface area contributed by atoms with Crippen molar-refractivity contribution in [3.63, 3.8) is 0 Å². The van der Waals surface area contributed by atoms with Crippen molar-refractivity contribution < 1.29 is 22.7 Å². The zero-order valence-electron chi connectivity index (χ0n) is 13.4. The number of aromatic nitrogens is 3. The number of nitrogens with one attached hydrogen (secondary N) is 2. The second-order valence-electron chi connectivity index (χ2n) is 5.52. The smallest absolute Gasteiger partial charge is 0.372 e. The number of pyridine rings is 1. The lowest BCUT2D eigenvalue weighted by atomic mass is 10.3. The van der Waals surface area contributed by atoms with Crippen LogP contribution in [0.5, 0.6) is 0 Å². The van der Waals surface area contributed by atoms with Gasteiger partial charge in [-0.05, 0) is 6.07 Å². The van der Waals surface area contributed by atoms with Crippen LogP contribution >= 0.6 is 11.6 Å². The molecule has 0 aromatic carbocycles. The SMILES string of the molecule is O=C(NCCNc1ncc(C(F)(F)F)cc1Cl)c1cn2c(n1)COCC2. The number of amides is 1. The molecule has 2 aromatic heterocycles. The van der Waals surface area contributed by atoms with E-state index in [-0.39, 0.29) is 35.5 Å². The van der Waals surface area contributed by atoms with Crippen LogP contribution < -0.4 is 10.6 Å². The third-order valence-corrected chi connectivity index (χ3v) is 3.96. The lowest BCUT2D eigenvalue weighted by Crippen LogP contribution is -2.29. The van der Waals surface area contributed by atoms with Gasteiger partial charge in [0.15, 0.2) is 0 Å². The van der Waals surface area contributed by atoms with E-state index >= 15 is 0 Å². The molecule has 11 heteroatoms. The quantitative estimate of drug-likeness (QED) is 0.767. The molecule has 140 valence electrons. The third kappa shape index (κ3) is 4.25. The van der Waals surface area contributed by atoms with Gasteiger partial charge in [0.1, 0.15) is 23.9 Å². The van der Waals surface area contributed by atoms with Gasteiger partial charge in [0.2, 0.25) is 0 Å². The molecule has 0 bridgehead atoms. The second kappa shape index (κ2) is 7.50. The molecule has 0 unspecified atom stereocenters. The van der Waals surface area contributed by atoms with Crippen molar-refractivity contribution in [2.24, 2.45) is 0 Å². The summed E-state index contributed by atoms with van der Waals surface area (Å²) in [6, 6.07) is 0.799. The summed E-state index contributed by atoms with van der Waals surface area (Å²) < 4.78 is 44.8. The Labute approximate surface area is 151 Å². The van der Waals surface area contributed by atoms with Crippen LogP contribution in [-0.4, -0.2) is 40.1 Å². The van der Waals surface area contributed by atoms with Gasteiger partial charge in [-0.2, -0.15) is 13.2 Å². The maximum atomic E-state index is 12.6. The summed E-state index contributed by atoms with van der Waals surface area (Å²) in [6.07, 6.45) is -2.14. The van der Waals surface area contributed by atoms with Crippen LogP contribution in [0, 0.1) is 0 Å². The fraction of sp³-hybridized carbons (Fsp3) is 0.400. The Balaban J connectivity index is 1.49. The molecule has 1 aliphatic rings. The van der Waals surface area contributed by atoms with E-state index in [1.807, 2.05) is 4.57 Å². The summed E-state index contributed by atoms with van der Waals surface area (Å²) in [7, 11) is 0. The molecule has 3 heterocycles. The average Bonchev–Trinajstić information content (AvgIpc) is 3.03. The van der Waals surface area contributed by atoms with Gasteiger partial charge >= 0.3 is 6.18 Å². The Morgan fingerprint density at radius 3 is 2.88 bits per heavy atom. The van der Waals surface area contributed by atoms with Crippen molar-refractivity contribution in [3.8, 4) is 0 Å². The maximum absolute atomic E-state index is 12.6. The van der Waals surface area contributed by atoms with Crippen molar-refractivity contribution >= 4 is 23.3 Å². The van der Waals surface area contributed by atoms with Gasteiger partial charge in [-0.15, -0.1) is 0 Å². The maximum Gasteiger partial charge on any atom is 0.417 e. The molecule has 0 atom stereocenters. The minimum absolute atomic E-state index is 0.114. The number of carbonyl (C=O) groups is 1. The average molecular weight is 390 g/mol. The lowest BCUT2D eigenvalue weighted by molar-refractivity contribution is -0.137. The Bertz CT molecular complexity index is 786. The molecule has 26 heavy (non-hydrogen) atoms. The van der Waals surface area contributed by atoms with Crippen LogP contribution in [0.25, 0.3) is 0 Å². The van der Waals surface area contributed by atoms with Gasteiger partial charge in [0.05, 0.1) is 17.2 Å². The molecule has 0 spiro atoms. The zero-order valence-corrected chi connectivity index (χ0v) is 14.2. The molecule has 3 rings (SSSR count). The number of imidazole rings is 1. The molecule has 7 nitrogen and oxygen atoms in total. The zero-order chi connectivity index (χ0) is 18.7. The van der Waals surface area contributed by atoms with Gasteiger partial charge in [0.25, 0.3) is 5.91 Å². The van der Waals surface area contributed by atoms with Crippen LogP contribution in [-0.2, 0) is 24.1 Å². The van der Waals surface area contributed by atoms with Crippen LogP contribution in [0.15, 0.2) is 18.5 Å². The standard InChI is InChI=1S/C15H15ClF3N5O2/c16-10-5-9(15(17,18)19)6-22-13(10)20-1-2-21-14(25)11-7-24-3-4-26-8-12(24)23-11/h5-7H,1-4,8H2,(H,20,22)(H,21,25). The molecule has 2 aromatic rings. The van der Waals surface area contributed by atoms with E-state index in [4.69, 9.17) is 16.3 Å². The van der Waals surface area contributed by atoms with Crippen LogP contribution in [0.3, 0.4) is 0 Å². The van der Waals surface area contributed by atoms with Gasteiger partial charge in [0, 0.05) is 32.0 Å². The fourth-order valence-corrected chi connectivity index (χ4v) is 2.60. The Kier molecular flexibility index (Phi) is 5.33. The molecular weight excluding hydrogens is 375 g/mol. The minimum Gasteiger partial charge on any atom is -0.372 e. The lowest BCUT2D eigenvalue weighted by Gasteiger charge is -2.13. The second-order valence-corrected chi connectivity index (χ2v) is 5.93. The Morgan fingerprint density at radius 2 is 2.19 bits per heavy atom. The summed E-state index contributed by atoms with van der Waals surface area (Å²) >= 11 is 5.79. The van der Waals surface area contributed by atoms with Crippen molar-refractivity contribution in [3.05, 3.63) is 40.6 Å². The minimum atomic E-state index is -4.50. The third-order valence-electron chi connectivity index (χ3n) is 3.67. The highest BCUT2D eigenvalue weighted by atomic mass is 35.5. The van der Waals surface area contributed by atoms with Gasteiger partial charge in [-0.25, -0.2) is 9.97 Å². The summed E-state index contributed by atoms with van der Waals surface area (Å²) in [5.41, 5.74) is -0.634. The predicted molar refractivity (Wildman–Crippen MR) is 87.0 cm³/mol. The molecule has 1 amide bonds. The number of hydrogen-bond acceptors (Lipinski definition) is 5. The van der Waals surface area contributed by atoms with E-state index in [0.717, 1.165) is 6.07 Å². The number of carbonyl (C=O) groups excluding carboxylic acids is 1. The molecular formula is C15H15ClF3N5O2.